The lowest BCUT2D eigenvalue weighted by molar-refractivity contribution is 0.355. The van der Waals surface area contributed by atoms with Gasteiger partial charge in [0.25, 0.3) is 0 Å². The Labute approximate surface area is 115 Å². The van der Waals surface area contributed by atoms with Gasteiger partial charge in [-0.25, -0.2) is 0 Å². The van der Waals surface area contributed by atoms with E-state index in [4.69, 9.17) is 0 Å². The molecule has 0 radical (unpaired) electrons. The van der Waals surface area contributed by atoms with E-state index in [1.807, 2.05) is 16.9 Å². The second kappa shape index (κ2) is 5.57. The molecule has 1 aromatic carbocycles. The Morgan fingerprint density at radius 3 is 2.47 bits per heavy atom. The Hall–Kier alpha value is -1.61. The minimum absolute atomic E-state index is 0.0449. The van der Waals surface area contributed by atoms with Crippen molar-refractivity contribution in [3.05, 3.63) is 53.9 Å². The summed E-state index contributed by atoms with van der Waals surface area (Å²) in [5.74, 6) is 0. The molecule has 1 heterocycles. The van der Waals surface area contributed by atoms with Gasteiger partial charge in [0.2, 0.25) is 0 Å². The molecule has 3 nitrogen and oxygen atoms in total. The van der Waals surface area contributed by atoms with E-state index in [0.29, 0.717) is 6.04 Å². The van der Waals surface area contributed by atoms with Crippen molar-refractivity contribution in [1.82, 2.24) is 15.1 Å². The number of nitrogens with one attached hydrogen (secondary N) is 1. The standard InChI is InChI=1S/C16H23N3/c1-13(15-8-6-5-7-9-15)17-10-14-11-18-19(12-14)16(2,3)4/h5-9,11-13,17H,10H2,1-4H3/t13-/m0/s1. The van der Waals surface area contributed by atoms with Crippen LogP contribution in [0.4, 0.5) is 0 Å². The van der Waals surface area contributed by atoms with Gasteiger partial charge in [-0.3, -0.25) is 4.68 Å². The Bertz CT molecular complexity index is 508. The number of benzene rings is 1. The first-order chi connectivity index (χ1) is 8.97. The van der Waals surface area contributed by atoms with E-state index in [-0.39, 0.29) is 5.54 Å². The van der Waals surface area contributed by atoms with Crippen LogP contribution in [-0.4, -0.2) is 9.78 Å². The third-order valence-corrected chi connectivity index (χ3v) is 3.24. The smallest absolute Gasteiger partial charge is 0.0543 e. The highest BCUT2D eigenvalue weighted by molar-refractivity contribution is 5.18. The van der Waals surface area contributed by atoms with Crippen molar-refractivity contribution in [2.75, 3.05) is 0 Å². The monoisotopic (exact) mass is 257 g/mol. The Balaban J connectivity index is 1.94. The second-order valence-corrected chi connectivity index (χ2v) is 5.98. The summed E-state index contributed by atoms with van der Waals surface area (Å²) < 4.78 is 2.01. The van der Waals surface area contributed by atoms with Crippen molar-refractivity contribution < 1.29 is 0 Å². The summed E-state index contributed by atoms with van der Waals surface area (Å²) in [4.78, 5) is 0. The van der Waals surface area contributed by atoms with Gasteiger partial charge in [-0.2, -0.15) is 5.10 Å². The van der Waals surface area contributed by atoms with E-state index in [1.165, 1.54) is 11.1 Å². The largest absolute Gasteiger partial charge is 0.306 e. The predicted octanol–water partition coefficient (Wildman–Crippen LogP) is 3.49. The zero-order chi connectivity index (χ0) is 13.9. The maximum absolute atomic E-state index is 4.41. The van der Waals surface area contributed by atoms with Gasteiger partial charge in [0.05, 0.1) is 11.7 Å². The van der Waals surface area contributed by atoms with Crippen LogP contribution in [0, 0.1) is 0 Å². The van der Waals surface area contributed by atoms with Crippen LogP contribution in [0.15, 0.2) is 42.7 Å². The van der Waals surface area contributed by atoms with E-state index < -0.39 is 0 Å². The molecule has 0 aliphatic rings. The van der Waals surface area contributed by atoms with Crippen molar-refractivity contribution in [2.45, 2.75) is 45.8 Å². The van der Waals surface area contributed by atoms with Gasteiger partial charge in [-0.05, 0) is 33.3 Å². The molecule has 0 fully saturated rings. The van der Waals surface area contributed by atoms with Gasteiger partial charge in [-0.1, -0.05) is 30.3 Å². The summed E-state index contributed by atoms with van der Waals surface area (Å²) in [5.41, 5.74) is 2.58. The maximum atomic E-state index is 4.41. The summed E-state index contributed by atoms with van der Waals surface area (Å²) in [6.45, 7) is 9.49. The number of aromatic nitrogens is 2. The van der Waals surface area contributed by atoms with Crippen molar-refractivity contribution >= 4 is 0 Å². The van der Waals surface area contributed by atoms with Crippen LogP contribution in [0.3, 0.4) is 0 Å². The van der Waals surface area contributed by atoms with Crippen molar-refractivity contribution in [3.8, 4) is 0 Å². The van der Waals surface area contributed by atoms with E-state index >= 15 is 0 Å². The summed E-state index contributed by atoms with van der Waals surface area (Å²) in [5, 5.41) is 7.94. The average Bonchev–Trinajstić information content (AvgIpc) is 2.86. The molecule has 2 rings (SSSR count). The molecular weight excluding hydrogens is 234 g/mol. The zero-order valence-electron chi connectivity index (χ0n) is 12.2. The van der Waals surface area contributed by atoms with Crippen LogP contribution in [-0.2, 0) is 12.1 Å². The molecule has 1 N–H and O–H groups in total. The molecule has 0 unspecified atom stereocenters. The fourth-order valence-corrected chi connectivity index (χ4v) is 1.95. The highest BCUT2D eigenvalue weighted by Crippen LogP contribution is 2.15. The van der Waals surface area contributed by atoms with Crippen LogP contribution in [0.1, 0.15) is 44.9 Å². The van der Waals surface area contributed by atoms with Gasteiger partial charge in [-0.15, -0.1) is 0 Å². The maximum Gasteiger partial charge on any atom is 0.0543 e. The highest BCUT2D eigenvalue weighted by atomic mass is 15.3. The zero-order valence-corrected chi connectivity index (χ0v) is 12.2. The molecule has 0 spiro atoms. The van der Waals surface area contributed by atoms with Crippen LogP contribution in [0.2, 0.25) is 0 Å². The molecule has 0 saturated heterocycles. The lowest BCUT2D eigenvalue weighted by atomic mass is 10.1. The summed E-state index contributed by atoms with van der Waals surface area (Å²) in [7, 11) is 0. The van der Waals surface area contributed by atoms with Crippen LogP contribution < -0.4 is 5.32 Å². The normalized spacial score (nSPS) is 13.5. The molecule has 3 heteroatoms. The van der Waals surface area contributed by atoms with Crippen molar-refractivity contribution in [3.63, 3.8) is 0 Å². The van der Waals surface area contributed by atoms with Gasteiger partial charge in [0.15, 0.2) is 0 Å². The van der Waals surface area contributed by atoms with E-state index in [1.54, 1.807) is 0 Å². The molecule has 2 aromatic rings. The second-order valence-electron chi connectivity index (χ2n) is 5.98. The quantitative estimate of drug-likeness (QED) is 0.908. The summed E-state index contributed by atoms with van der Waals surface area (Å²) in [6.07, 6.45) is 4.06. The van der Waals surface area contributed by atoms with Crippen molar-refractivity contribution in [1.29, 1.82) is 0 Å². The summed E-state index contributed by atoms with van der Waals surface area (Å²) >= 11 is 0. The molecule has 0 aliphatic heterocycles. The van der Waals surface area contributed by atoms with Gasteiger partial charge in [0.1, 0.15) is 0 Å². The number of nitrogens with zero attached hydrogens (tertiary/aromatic N) is 2. The minimum Gasteiger partial charge on any atom is -0.306 e. The Morgan fingerprint density at radius 2 is 1.89 bits per heavy atom. The molecule has 19 heavy (non-hydrogen) atoms. The fraction of sp³-hybridized carbons (Fsp3) is 0.438. The van der Waals surface area contributed by atoms with Crippen LogP contribution in [0.5, 0.6) is 0 Å². The first-order valence-corrected chi connectivity index (χ1v) is 6.79. The van der Waals surface area contributed by atoms with Gasteiger partial charge >= 0.3 is 0 Å². The Morgan fingerprint density at radius 1 is 1.21 bits per heavy atom. The topological polar surface area (TPSA) is 29.9 Å². The molecule has 0 saturated carbocycles. The van der Waals surface area contributed by atoms with E-state index in [0.717, 1.165) is 6.54 Å². The minimum atomic E-state index is 0.0449. The highest BCUT2D eigenvalue weighted by Gasteiger charge is 2.14. The first-order valence-electron chi connectivity index (χ1n) is 6.79. The lowest BCUT2D eigenvalue weighted by Crippen LogP contribution is -2.22. The van der Waals surface area contributed by atoms with Crippen LogP contribution >= 0.6 is 0 Å². The number of hydrogen-bond donors (Lipinski definition) is 1. The van der Waals surface area contributed by atoms with E-state index in [2.05, 4.69) is 68.6 Å². The van der Waals surface area contributed by atoms with E-state index in [9.17, 15) is 0 Å². The van der Waals surface area contributed by atoms with Gasteiger partial charge < -0.3 is 5.32 Å². The number of hydrogen-bond acceptors (Lipinski definition) is 2. The first kappa shape index (κ1) is 13.8. The molecular formula is C16H23N3. The average molecular weight is 257 g/mol. The molecule has 0 aliphatic carbocycles. The third kappa shape index (κ3) is 3.67. The van der Waals surface area contributed by atoms with Gasteiger partial charge in [0, 0.05) is 24.3 Å². The van der Waals surface area contributed by atoms with Crippen LogP contribution in [0.25, 0.3) is 0 Å². The van der Waals surface area contributed by atoms with Crippen molar-refractivity contribution in [2.24, 2.45) is 0 Å². The molecule has 1 aromatic heterocycles. The summed E-state index contributed by atoms with van der Waals surface area (Å²) in [6, 6.07) is 10.8. The fourth-order valence-electron chi connectivity index (χ4n) is 1.95. The Kier molecular flexibility index (Phi) is 4.05. The molecule has 0 amide bonds. The predicted molar refractivity (Wildman–Crippen MR) is 78.9 cm³/mol. The lowest BCUT2D eigenvalue weighted by Gasteiger charge is -2.18. The third-order valence-electron chi connectivity index (χ3n) is 3.24. The molecule has 102 valence electrons. The molecule has 1 atom stereocenters. The number of rotatable bonds is 4. The SMILES string of the molecule is C[C@H](NCc1cnn(C(C)(C)C)c1)c1ccccc1. The molecule has 0 bridgehead atoms.